The van der Waals surface area contributed by atoms with E-state index in [0.29, 0.717) is 18.3 Å². The number of benzene rings is 1. The summed E-state index contributed by atoms with van der Waals surface area (Å²) in [6.45, 7) is 2.31. The first kappa shape index (κ1) is 13.4. The highest BCUT2D eigenvalue weighted by molar-refractivity contribution is 7.99. The van der Waals surface area contributed by atoms with Gasteiger partial charge < -0.3 is 9.47 Å². The van der Waals surface area contributed by atoms with Gasteiger partial charge in [-0.3, -0.25) is 0 Å². The minimum Gasteiger partial charge on any atom is -0.378 e. The molecule has 0 saturated carbocycles. The van der Waals surface area contributed by atoms with Crippen LogP contribution in [0.5, 0.6) is 0 Å². The molecule has 0 bridgehead atoms. The van der Waals surface area contributed by atoms with E-state index in [1.165, 1.54) is 0 Å². The molecule has 4 heteroatoms. The van der Waals surface area contributed by atoms with Crippen molar-refractivity contribution in [3.63, 3.8) is 0 Å². The fourth-order valence-electron chi connectivity index (χ4n) is 1.86. The van der Waals surface area contributed by atoms with Crippen molar-refractivity contribution in [1.29, 1.82) is 5.26 Å². The number of ether oxygens (including phenoxy) is 2. The summed E-state index contributed by atoms with van der Waals surface area (Å²) in [6.07, 6.45) is 2.58. The first-order chi connectivity index (χ1) is 8.88. The molecule has 1 aliphatic heterocycles. The lowest BCUT2D eigenvalue weighted by Crippen LogP contribution is -2.15. The monoisotopic (exact) mass is 263 g/mol. The van der Waals surface area contributed by atoms with Crippen molar-refractivity contribution in [2.45, 2.75) is 23.8 Å². The molecule has 0 aromatic heterocycles. The Kier molecular flexibility index (Phi) is 5.53. The maximum atomic E-state index is 8.80. The van der Waals surface area contributed by atoms with Gasteiger partial charge in [-0.25, -0.2) is 0 Å². The molecular weight excluding hydrogens is 246 g/mol. The molecule has 18 heavy (non-hydrogen) atoms. The van der Waals surface area contributed by atoms with Crippen molar-refractivity contribution in [2.24, 2.45) is 0 Å². The van der Waals surface area contributed by atoms with Gasteiger partial charge >= 0.3 is 0 Å². The van der Waals surface area contributed by atoms with Gasteiger partial charge in [0.15, 0.2) is 0 Å². The highest BCUT2D eigenvalue weighted by Gasteiger charge is 2.14. The van der Waals surface area contributed by atoms with Gasteiger partial charge in [0.25, 0.3) is 0 Å². The highest BCUT2D eigenvalue weighted by atomic mass is 32.2. The van der Waals surface area contributed by atoms with E-state index in [2.05, 4.69) is 6.07 Å². The van der Waals surface area contributed by atoms with Gasteiger partial charge in [-0.1, -0.05) is 6.07 Å². The third-order valence-electron chi connectivity index (χ3n) is 2.79. The molecule has 1 heterocycles. The first-order valence-electron chi connectivity index (χ1n) is 6.21. The molecule has 0 N–H and O–H groups in total. The van der Waals surface area contributed by atoms with Gasteiger partial charge in [-0.05, 0) is 31.0 Å². The fourth-order valence-corrected chi connectivity index (χ4v) is 2.69. The predicted octanol–water partition coefficient (Wildman–Crippen LogP) is 2.85. The normalized spacial score (nSPS) is 18.7. The number of thioether (sulfide) groups is 1. The number of nitriles is 1. The predicted molar refractivity (Wildman–Crippen MR) is 71.7 cm³/mol. The van der Waals surface area contributed by atoms with Crippen LogP contribution in [0.2, 0.25) is 0 Å². The smallest absolute Gasteiger partial charge is 0.0992 e. The van der Waals surface area contributed by atoms with Gasteiger partial charge in [0, 0.05) is 17.3 Å². The summed E-state index contributed by atoms with van der Waals surface area (Å²) in [7, 11) is 0. The fraction of sp³-hybridized carbons (Fsp3) is 0.500. The molecule has 1 aromatic rings. The molecule has 0 radical (unpaired) electrons. The number of nitrogens with zero attached hydrogens (tertiary/aromatic N) is 1. The average Bonchev–Trinajstić information content (AvgIpc) is 2.92. The van der Waals surface area contributed by atoms with E-state index in [1.54, 1.807) is 11.8 Å². The van der Waals surface area contributed by atoms with Gasteiger partial charge in [0.2, 0.25) is 0 Å². The Balaban J connectivity index is 1.61. The molecule has 0 amide bonds. The molecule has 1 atom stereocenters. The van der Waals surface area contributed by atoms with E-state index in [-0.39, 0.29) is 0 Å². The molecule has 96 valence electrons. The standard InChI is InChI=1S/C14H17NO2S/c15-10-12-3-1-5-14(9-12)18-8-7-16-11-13-4-2-6-17-13/h1,3,5,9,13H,2,4,6-8,11H2/t13-/m1/s1. The van der Waals surface area contributed by atoms with E-state index in [4.69, 9.17) is 14.7 Å². The zero-order valence-corrected chi connectivity index (χ0v) is 11.1. The Hall–Kier alpha value is -1.02. The first-order valence-corrected chi connectivity index (χ1v) is 7.19. The van der Waals surface area contributed by atoms with Crippen LogP contribution in [-0.4, -0.2) is 31.7 Å². The number of hydrogen-bond donors (Lipinski definition) is 0. The Bertz CT molecular complexity index is 411. The van der Waals surface area contributed by atoms with E-state index in [1.807, 2.05) is 24.3 Å². The van der Waals surface area contributed by atoms with Crippen molar-refractivity contribution in [2.75, 3.05) is 25.6 Å². The second-order valence-electron chi connectivity index (χ2n) is 4.20. The van der Waals surface area contributed by atoms with Gasteiger partial charge in [-0.2, -0.15) is 5.26 Å². The molecule has 3 nitrogen and oxygen atoms in total. The Morgan fingerprint density at radius 3 is 3.22 bits per heavy atom. The molecule has 2 rings (SSSR count). The minimum absolute atomic E-state index is 0.303. The molecule has 1 aliphatic rings. The van der Waals surface area contributed by atoms with Crippen LogP contribution in [0.3, 0.4) is 0 Å². The van der Waals surface area contributed by atoms with Crippen molar-refractivity contribution < 1.29 is 9.47 Å². The van der Waals surface area contributed by atoms with Crippen molar-refractivity contribution in [3.8, 4) is 6.07 Å². The van der Waals surface area contributed by atoms with Crippen LogP contribution >= 0.6 is 11.8 Å². The van der Waals surface area contributed by atoms with E-state index in [9.17, 15) is 0 Å². The lowest BCUT2D eigenvalue weighted by molar-refractivity contribution is 0.0226. The topological polar surface area (TPSA) is 42.2 Å². The highest BCUT2D eigenvalue weighted by Crippen LogP contribution is 2.19. The van der Waals surface area contributed by atoms with Crippen LogP contribution < -0.4 is 0 Å². The van der Waals surface area contributed by atoms with E-state index >= 15 is 0 Å². The zero-order valence-electron chi connectivity index (χ0n) is 10.3. The third-order valence-corrected chi connectivity index (χ3v) is 3.75. The maximum Gasteiger partial charge on any atom is 0.0992 e. The lowest BCUT2D eigenvalue weighted by atomic mass is 10.2. The van der Waals surface area contributed by atoms with Crippen LogP contribution in [0, 0.1) is 11.3 Å². The summed E-state index contributed by atoms with van der Waals surface area (Å²) in [5.41, 5.74) is 0.709. The van der Waals surface area contributed by atoms with Crippen LogP contribution in [-0.2, 0) is 9.47 Å². The maximum absolute atomic E-state index is 8.80. The molecule has 1 aromatic carbocycles. The molecule has 1 fully saturated rings. The Morgan fingerprint density at radius 2 is 2.44 bits per heavy atom. The van der Waals surface area contributed by atoms with Gasteiger partial charge in [-0.15, -0.1) is 11.8 Å². The number of hydrogen-bond acceptors (Lipinski definition) is 4. The summed E-state index contributed by atoms with van der Waals surface area (Å²) in [5, 5.41) is 8.80. The summed E-state index contributed by atoms with van der Waals surface area (Å²) in [4.78, 5) is 1.12. The molecule has 1 saturated heterocycles. The Labute approximate surface area is 112 Å². The largest absolute Gasteiger partial charge is 0.378 e. The third kappa shape index (κ3) is 4.34. The van der Waals surface area contributed by atoms with Crippen LogP contribution in [0.25, 0.3) is 0 Å². The molecular formula is C14H17NO2S. The average molecular weight is 263 g/mol. The van der Waals surface area contributed by atoms with Crippen molar-refractivity contribution >= 4 is 11.8 Å². The lowest BCUT2D eigenvalue weighted by Gasteiger charge is -2.09. The molecule has 0 unspecified atom stereocenters. The summed E-state index contributed by atoms with van der Waals surface area (Å²) >= 11 is 1.72. The second kappa shape index (κ2) is 7.42. The van der Waals surface area contributed by atoms with Crippen molar-refractivity contribution in [1.82, 2.24) is 0 Å². The Morgan fingerprint density at radius 1 is 1.50 bits per heavy atom. The molecule has 0 aliphatic carbocycles. The van der Waals surface area contributed by atoms with Gasteiger partial charge in [0.05, 0.1) is 31.0 Å². The van der Waals surface area contributed by atoms with Crippen LogP contribution in [0.4, 0.5) is 0 Å². The summed E-state index contributed by atoms with van der Waals surface area (Å²) < 4.78 is 11.1. The number of rotatable bonds is 6. The van der Waals surface area contributed by atoms with E-state index in [0.717, 1.165) is 36.7 Å². The van der Waals surface area contributed by atoms with E-state index < -0.39 is 0 Å². The van der Waals surface area contributed by atoms with Gasteiger partial charge in [0.1, 0.15) is 0 Å². The van der Waals surface area contributed by atoms with Crippen molar-refractivity contribution in [3.05, 3.63) is 29.8 Å². The zero-order chi connectivity index (χ0) is 12.6. The van der Waals surface area contributed by atoms with Crippen LogP contribution in [0.15, 0.2) is 29.2 Å². The quantitative estimate of drug-likeness (QED) is 0.584. The molecule has 0 spiro atoms. The van der Waals surface area contributed by atoms with Crippen LogP contribution in [0.1, 0.15) is 18.4 Å². The minimum atomic E-state index is 0.303. The summed E-state index contributed by atoms with van der Waals surface area (Å²) in [6, 6.07) is 9.80. The SMILES string of the molecule is N#Cc1cccc(SCCOC[C@H]2CCCO2)c1. The second-order valence-corrected chi connectivity index (χ2v) is 5.37. The summed E-state index contributed by atoms with van der Waals surface area (Å²) in [5.74, 6) is 0.904.